The number of nitrogens with one attached hydrogen (secondary N) is 1. The van der Waals surface area contributed by atoms with Gasteiger partial charge in [0, 0.05) is 16.8 Å². The summed E-state index contributed by atoms with van der Waals surface area (Å²) in [6, 6.07) is 27.4. The molecule has 4 heteroatoms. The molecule has 5 rings (SSSR count). The van der Waals surface area contributed by atoms with E-state index in [1.54, 1.807) is 0 Å². The van der Waals surface area contributed by atoms with Crippen molar-refractivity contribution in [3.05, 3.63) is 96.1 Å². The average Bonchev–Trinajstić information content (AvgIpc) is 3.27. The van der Waals surface area contributed by atoms with Gasteiger partial charge in [0.2, 0.25) is 5.89 Å². The minimum Gasteiger partial charge on any atom is -0.436 e. The fourth-order valence-electron chi connectivity index (χ4n) is 3.93. The first-order valence-corrected chi connectivity index (χ1v) is 10.9. The summed E-state index contributed by atoms with van der Waals surface area (Å²) in [6.45, 7) is 4.40. The molecule has 0 aliphatic heterocycles. The van der Waals surface area contributed by atoms with Crippen LogP contribution in [0.5, 0.6) is 0 Å². The molecule has 0 saturated carbocycles. The van der Waals surface area contributed by atoms with Gasteiger partial charge in [0.15, 0.2) is 5.58 Å². The predicted molar refractivity (Wildman–Crippen MR) is 130 cm³/mol. The number of fused-ring (bicyclic) bond motifs is 2. The van der Waals surface area contributed by atoms with Crippen molar-refractivity contribution >= 4 is 33.5 Å². The van der Waals surface area contributed by atoms with Gasteiger partial charge in [0.25, 0.3) is 5.91 Å². The SMILES string of the molecule is CC[C@@H](C)c1ccc2oc(-c3ccc(NC(=O)c4cccc5ccccc45)cc3)nc2c1. The summed E-state index contributed by atoms with van der Waals surface area (Å²) in [7, 11) is 0. The third-order valence-corrected chi connectivity index (χ3v) is 6.02. The van der Waals surface area contributed by atoms with Crippen molar-refractivity contribution < 1.29 is 9.21 Å². The third-order valence-electron chi connectivity index (χ3n) is 6.02. The van der Waals surface area contributed by atoms with Crippen LogP contribution in [-0.4, -0.2) is 10.9 Å². The highest BCUT2D eigenvalue weighted by atomic mass is 16.3. The van der Waals surface area contributed by atoms with E-state index in [1.165, 1.54) is 5.56 Å². The number of hydrogen-bond acceptors (Lipinski definition) is 3. The van der Waals surface area contributed by atoms with Gasteiger partial charge in [-0.2, -0.15) is 0 Å². The highest BCUT2D eigenvalue weighted by molar-refractivity contribution is 6.12. The number of nitrogens with zero attached hydrogens (tertiary/aromatic N) is 1. The fourth-order valence-corrected chi connectivity index (χ4v) is 3.93. The minimum absolute atomic E-state index is 0.131. The lowest BCUT2D eigenvalue weighted by atomic mass is 9.98. The molecule has 0 saturated heterocycles. The maximum Gasteiger partial charge on any atom is 0.256 e. The van der Waals surface area contributed by atoms with Crippen molar-refractivity contribution in [1.82, 2.24) is 4.98 Å². The number of rotatable bonds is 5. The lowest BCUT2D eigenvalue weighted by Crippen LogP contribution is -2.12. The molecule has 158 valence electrons. The second-order valence-corrected chi connectivity index (χ2v) is 8.11. The van der Waals surface area contributed by atoms with Crippen LogP contribution in [0.3, 0.4) is 0 Å². The predicted octanol–water partition coefficient (Wildman–Crippen LogP) is 7.41. The molecule has 1 N–H and O–H groups in total. The van der Waals surface area contributed by atoms with Crippen molar-refractivity contribution in [2.75, 3.05) is 5.32 Å². The van der Waals surface area contributed by atoms with Crippen LogP contribution in [0.25, 0.3) is 33.3 Å². The van der Waals surface area contributed by atoms with Crippen molar-refractivity contribution in [3.63, 3.8) is 0 Å². The van der Waals surface area contributed by atoms with E-state index in [-0.39, 0.29) is 5.91 Å². The smallest absolute Gasteiger partial charge is 0.256 e. The van der Waals surface area contributed by atoms with E-state index in [4.69, 9.17) is 4.42 Å². The zero-order valence-electron chi connectivity index (χ0n) is 18.1. The molecule has 32 heavy (non-hydrogen) atoms. The second-order valence-electron chi connectivity index (χ2n) is 8.11. The molecule has 0 unspecified atom stereocenters. The summed E-state index contributed by atoms with van der Waals surface area (Å²) in [5.74, 6) is 0.936. The monoisotopic (exact) mass is 420 g/mol. The summed E-state index contributed by atoms with van der Waals surface area (Å²) in [5, 5.41) is 4.97. The molecule has 0 spiro atoms. The topological polar surface area (TPSA) is 55.1 Å². The van der Waals surface area contributed by atoms with Crippen LogP contribution in [0.4, 0.5) is 5.69 Å². The van der Waals surface area contributed by atoms with Crippen LogP contribution in [0.1, 0.15) is 42.1 Å². The number of carbonyl (C=O) groups is 1. The number of carbonyl (C=O) groups excluding carboxylic acids is 1. The number of aromatic nitrogens is 1. The Morgan fingerprint density at radius 1 is 0.969 bits per heavy atom. The van der Waals surface area contributed by atoms with Crippen molar-refractivity contribution in [2.45, 2.75) is 26.2 Å². The van der Waals surface area contributed by atoms with Gasteiger partial charge < -0.3 is 9.73 Å². The van der Waals surface area contributed by atoms with E-state index in [0.717, 1.165) is 39.5 Å². The zero-order chi connectivity index (χ0) is 22.1. The van der Waals surface area contributed by atoms with Crippen LogP contribution in [0, 0.1) is 0 Å². The first-order valence-electron chi connectivity index (χ1n) is 10.9. The molecule has 4 nitrogen and oxygen atoms in total. The van der Waals surface area contributed by atoms with Gasteiger partial charge in [0.1, 0.15) is 5.52 Å². The quantitative estimate of drug-likeness (QED) is 0.322. The van der Waals surface area contributed by atoms with Gasteiger partial charge in [-0.15, -0.1) is 0 Å². The fraction of sp³-hybridized carbons (Fsp3) is 0.143. The summed E-state index contributed by atoms with van der Waals surface area (Å²) >= 11 is 0. The summed E-state index contributed by atoms with van der Waals surface area (Å²) in [5.41, 5.74) is 5.16. The molecule has 1 atom stereocenters. The Hall–Kier alpha value is -3.92. The Balaban J connectivity index is 1.37. The third kappa shape index (κ3) is 3.76. The molecule has 1 heterocycles. The van der Waals surface area contributed by atoms with Gasteiger partial charge in [0.05, 0.1) is 0 Å². The summed E-state index contributed by atoms with van der Waals surface area (Å²) in [6.07, 6.45) is 1.09. The van der Waals surface area contributed by atoms with Gasteiger partial charge in [-0.1, -0.05) is 56.3 Å². The molecule has 4 aromatic carbocycles. The van der Waals surface area contributed by atoms with Crippen LogP contribution < -0.4 is 5.32 Å². The Labute approximate surface area is 186 Å². The van der Waals surface area contributed by atoms with Crippen LogP contribution in [0.15, 0.2) is 89.3 Å². The number of anilines is 1. The number of hydrogen-bond donors (Lipinski definition) is 1. The standard InChI is InChI=1S/C28H24N2O2/c1-3-18(2)21-13-16-26-25(17-21)30-28(32-26)20-11-14-22(15-12-20)29-27(31)24-10-6-8-19-7-4-5-9-23(19)24/h4-18H,3H2,1-2H3,(H,29,31)/t18-/m1/s1. The average molecular weight is 421 g/mol. The first-order chi connectivity index (χ1) is 15.6. The molecule has 5 aromatic rings. The highest BCUT2D eigenvalue weighted by Crippen LogP contribution is 2.29. The second kappa shape index (κ2) is 8.31. The normalized spacial score (nSPS) is 12.2. The minimum atomic E-state index is -0.131. The van der Waals surface area contributed by atoms with E-state index >= 15 is 0 Å². The number of oxazole rings is 1. The summed E-state index contributed by atoms with van der Waals surface area (Å²) in [4.78, 5) is 17.5. The van der Waals surface area contributed by atoms with Crippen molar-refractivity contribution in [3.8, 4) is 11.5 Å². The van der Waals surface area contributed by atoms with E-state index in [2.05, 4.69) is 36.3 Å². The lowest BCUT2D eigenvalue weighted by Gasteiger charge is -2.08. The highest BCUT2D eigenvalue weighted by Gasteiger charge is 2.13. The molecule has 1 aromatic heterocycles. The maximum atomic E-state index is 12.9. The molecule has 0 radical (unpaired) electrons. The van der Waals surface area contributed by atoms with Crippen molar-refractivity contribution in [1.29, 1.82) is 0 Å². The van der Waals surface area contributed by atoms with Gasteiger partial charge >= 0.3 is 0 Å². The van der Waals surface area contributed by atoms with Gasteiger partial charge in [-0.05, 0) is 71.1 Å². The van der Waals surface area contributed by atoms with Crippen LogP contribution in [-0.2, 0) is 0 Å². The Kier molecular flexibility index (Phi) is 5.20. The molecule has 0 fully saturated rings. The summed E-state index contributed by atoms with van der Waals surface area (Å²) < 4.78 is 5.96. The molecular weight excluding hydrogens is 396 g/mol. The van der Waals surface area contributed by atoms with E-state index in [1.807, 2.05) is 72.8 Å². The molecule has 0 bridgehead atoms. The Bertz CT molecular complexity index is 1410. The largest absolute Gasteiger partial charge is 0.436 e. The maximum absolute atomic E-state index is 12.9. The van der Waals surface area contributed by atoms with Crippen molar-refractivity contribution in [2.24, 2.45) is 0 Å². The first kappa shape index (κ1) is 20.0. The molecule has 0 aliphatic carbocycles. The van der Waals surface area contributed by atoms with E-state index in [9.17, 15) is 4.79 Å². The lowest BCUT2D eigenvalue weighted by molar-refractivity contribution is 0.102. The van der Waals surface area contributed by atoms with E-state index < -0.39 is 0 Å². The Morgan fingerprint density at radius 2 is 1.75 bits per heavy atom. The molecular formula is C28H24N2O2. The molecule has 0 aliphatic rings. The zero-order valence-corrected chi connectivity index (χ0v) is 18.1. The molecule has 1 amide bonds. The Morgan fingerprint density at radius 3 is 2.56 bits per heavy atom. The van der Waals surface area contributed by atoms with Gasteiger partial charge in [-0.3, -0.25) is 4.79 Å². The van der Waals surface area contributed by atoms with E-state index in [0.29, 0.717) is 17.4 Å². The van der Waals surface area contributed by atoms with Gasteiger partial charge in [-0.25, -0.2) is 4.98 Å². The number of amides is 1. The number of benzene rings is 4. The van der Waals surface area contributed by atoms with Crippen LogP contribution in [0.2, 0.25) is 0 Å². The van der Waals surface area contributed by atoms with Crippen LogP contribution >= 0.6 is 0 Å².